The number of hydrogen-bond donors (Lipinski definition) is 6. The minimum atomic E-state index is -5.11. The number of carbonyl (C=O) groups excluding carboxylic acids is 2. The Kier molecular flexibility index (Phi) is 27.2. The second-order valence-corrected chi connectivity index (χ2v) is 14.8. The molecule has 1 rings (SSSR count). The molecule has 13 nitrogen and oxygen atoms in total. The maximum absolute atomic E-state index is 12.7. The maximum atomic E-state index is 12.7. The Hall–Kier alpha value is -1.93. The van der Waals surface area contributed by atoms with Crippen LogP contribution < -0.4 is 0 Å². The minimum absolute atomic E-state index is 0.0880. The van der Waals surface area contributed by atoms with Gasteiger partial charge in [-0.2, -0.15) is 0 Å². The molecule has 14 heteroatoms. The highest BCUT2D eigenvalue weighted by molar-refractivity contribution is 7.47. The van der Waals surface area contributed by atoms with Crippen LogP contribution >= 0.6 is 7.82 Å². The van der Waals surface area contributed by atoms with E-state index < -0.39 is 75.7 Å². The molecule has 0 saturated heterocycles. The van der Waals surface area contributed by atoms with E-state index in [-0.39, 0.29) is 12.8 Å². The first-order chi connectivity index (χ1) is 24.9. The van der Waals surface area contributed by atoms with Gasteiger partial charge in [-0.3, -0.25) is 18.6 Å². The number of hydrogen-bond acceptors (Lipinski definition) is 12. The molecule has 1 fully saturated rings. The van der Waals surface area contributed by atoms with Gasteiger partial charge in [0.2, 0.25) is 0 Å². The molecule has 1 saturated carbocycles. The molecule has 0 aromatic heterocycles. The van der Waals surface area contributed by atoms with Gasteiger partial charge in [0.25, 0.3) is 0 Å². The minimum Gasteiger partial charge on any atom is -0.462 e. The third-order valence-electron chi connectivity index (χ3n) is 8.73. The zero-order chi connectivity index (χ0) is 38.6. The van der Waals surface area contributed by atoms with Gasteiger partial charge in [-0.25, -0.2) is 4.57 Å². The van der Waals surface area contributed by atoms with E-state index in [1.165, 1.54) is 38.5 Å². The summed E-state index contributed by atoms with van der Waals surface area (Å²) in [6, 6.07) is 0. The van der Waals surface area contributed by atoms with Crippen molar-refractivity contribution in [3.05, 3.63) is 36.5 Å². The van der Waals surface area contributed by atoms with Gasteiger partial charge < -0.3 is 39.9 Å². The summed E-state index contributed by atoms with van der Waals surface area (Å²) in [5.41, 5.74) is 0. The maximum Gasteiger partial charge on any atom is 0.472 e. The van der Waals surface area contributed by atoms with Crippen LogP contribution in [0, 0.1) is 0 Å². The smallest absolute Gasteiger partial charge is 0.462 e. The predicted molar refractivity (Wildman–Crippen MR) is 198 cm³/mol. The van der Waals surface area contributed by atoms with E-state index in [9.17, 15) is 44.6 Å². The zero-order valence-electron chi connectivity index (χ0n) is 31.3. The van der Waals surface area contributed by atoms with Gasteiger partial charge in [-0.1, -0.05) is 108 Å². The molecule has 6 unspecified atom stereocenters. The van der Waals surface area contributed by atoms with Crippen LogP contribution in [0.4, 0.5) is 0 Å². The molecule has 0 aromatic rings. The third kappa shape index (κ3) is 22.3. The molecule has 1 aliphatic carbocycles. The molecule has 8 atom stereocenters. The summed E-state index contributed by atoms with van der Waals surface area (Å²) in [6.07, 6.45) is 16.7. The number of rotatable bonds is 30. The number of carbonyl (C=O) groups is 2. The van der Waals surface area contributed by atoms with Crippen LogP contribution in [0.15, 0.2) is 36.5 Å². The van der Waals surface area contributed by atoms with Gasteiger partial charge in [0.15, 0.2) is 6.10 Å². The van der Waals surface area contributed by atoms with E-state index in [0.717, 1.165) is 57.8 Å². The van der Waals surface area contributed by atoms with E-state index in [4.69, 9.17) is 18.5 Å². The fourth-order valence-electron chi connectivity index (χ4n) is 5.53. The first-order valence-electron chi connectivity index (χ1n) is 19.3. The lowest BCUT2D eigenvalue weighted by molar-refractivity contribution is -0.220. The average Bonchev–Trinajstić information content (AvgIpc) is 3.12. The van der Waals surface area contributed by atoms with Gasteiger partial charge in [-0.15, -0.1) is 0 Å². The molecular weight excluding hydrogens is 695 g/mol. The quantitative estimate of drug-likeness (QED) is 0.0219. The highest BCUT2D eigenvalue weighted by Gasteiger charge is 2.51. The molecular formula is C38H67O13P. The van der Waals surface area contributed by atoms with Crippen molar-refractivity contribution in [2.75, 3.05) is 13.2 Å². The van der Waals surface area contributed by atoms with Crippen molar-refractivity contribution in [2.24, 2.45) is 0 Å². The largest absolute Gasteiger partial charge is 0.472 e. The topological polar surface area (TPSA) is 210 Å². The summed E-state index contributed by atoms with van der Waals surface area (Å²) in [4.78, 5) is 35.3. The van der Waals surface area contributed by atoms with Gasteiger partial charge in [0.1, 0.15) is 43.2 Å². The average molecular weight is 763 g/mol. The Morgan fingerprint density at radius 2 is 1.04 bits per heavy atom. The summed E-state index contributed by atoms with van der Waals surface area (Å²) < 4.78 is 33.2. The first-order valence-corrected chi connectivity index (χ1v) is 20.8. The van der Waals surface area contributed by atoms with Gasteiger partial charge in [-0.05, 0) is 51.4 Å². The molecule has 302 valence electrons. The number of aliphatic hydroxyl groups is 5. The number of unbranched alkanes of at least 4 members (excludes halogenated alkanes) is 12. The summed E-state index contributed by atoms with van der Waals surface area (Å²) in [6.45, 7) is 3.15. The van der Waals surface area contributed by atoms with Crippen LogP contribution in [0.2, 0.25) is 0 Å². The lowest BCUT2D eigenvalue weighted by Crippen LogP contribution is -2.64. The fourth-order valence-corrected chi connectivity index (χ4v) is 6.50. The van der Waals surface area contributed by atoms with E-state index >= 15 is 0 Å². The van der Waals surface area contributed by atoms with Crippen molar-refractivity contribution >= 4 is 19.8 Å². The molecule has 0 amide bonds. The standard InChI is InChI=1S/C38H67O13P/c1-3-5-7-9-11-13-14-15-16-17-18-19-21-22-24-26-31(39)48-28-30(50-32(40)27-25-23-20-12-10-8-6-4-2)29-49-52(46,47)51-38-36(44)34(42)33(41)35(43)37(38)45/h11,13,15-16,18-19,30,33-38,41-45H,3-10,12,14,17,20-29H2,1-2H3,(H,46,47)/b13-11+,16-15+,19-18+/t30-,33?,34-,35?,36?,37?,38?/m0/s1. The number of phosphoric ester groups is 1. The Morgan fingerprint density at radius 1 is 0.596 bits per heavy atom. The highest BCUT2D eigenvalue weighted by atomic mass is 31.2. The lowest BCUT2D eigenvalue weighted by Gasteiger charge is -2.41. The number of ether oxygens (including phenoxy) is 2. The van der Waals surface area contributed by atoms with Crippen molar-refractivity contribution < 1.29 is 63.1 Å². The van der Waals surface area contributed by atoms with Gasteiger partial charge in [0, 0.05) is 12.8 Å². The fraction of sp³-hybridized carbons (Fsp3) is 0.789. The Bertz CT molecular complexity index is 1070. The Morgan fingerprint density at radius 3 is 1.62 bits per heavy atom. The van der Waals surface area contributed by atoms with Gasteiger partial charge >= 0.3 is 19.8 Å². The Labute approximate surface area is 310 Å². The molecule has 0 aromatic carbocycles. The molecule has 0 heterocycles. The van der Waals surface area contributed by atoms with Gasteiger partial charge in [0.05, 0.1) is 6.61 Å². The van der Waals surface area contributed by atoms with Crippen molar-refractivity contribution in [1.29, 1.82) is 0 Å². The van der Waals surface area contributed by atoms with Crippen LogP contribution in [0.3, 0.4) is 0 Å². The van der Waals surface area contributed by atoms with Crippen LogP contribution in [0.1, 0.15) is 136 Å². The second kappa shape index (κ2) is 29.4. The van der Waals surface area contributed by atoms with E-state index in [2.05, 4.69) is 50.3 Å². The second-order valence-electron chi connectivity index (χ2n) is 13.4. The number of esters is 2. The highest BCUT2D eigenvalue weighted by Crippen LogP contribution is 2.47. The monoisotopic (exact) mass is 762 g/mol. The molecule has 0 aliphatic heterocycles. The van der Waals surface area contributed by atoms with Crippen LogP contribution in [-0.4, -0.2) is 98.3 Å². The number of allylic oxidation sites excluding steroid dienone is 6. The molecule has 6 N–H and O–H groups in total. The molecule has 1 aliphatic rings. The summed E-state index contributed by atoms with van der Waals surface area (Å²) >= 11 is 0. The van der Waals surface area contributed by atoms with Crippen molar-refractivity contribution in [3.63, 3.8) is 0 Å². The SMILES string of the molecule is CCCCC/C=C/C/C=C/C/C=C/CCCCC(=O)OC[C@@H](COP(=O)(O)OC1C(O)C(O)C(O)[C@H](O)C1O)OC(=O)CCCCCCCCCC. The van der Waals surface area contributed by atoms with E-state index in [1.807, 2.05) is 0 Å². The van der Waals surface area contributed by atoms with Crippen molar-refractivity contribution in [2.45, 2.75) is 179 Å². The van der Waals surface area contributed by atoms with E-state index in [1.54, 1.807) is 0 Å². The zero-order valence-corrected chi connectivity index (χ0v) is 32.2. The molecule has 52 heavy (non-hydrogen) atoms. The van der Waals surface area contributed by atoms with Crippen LogP contribution in [-0.2, 0) is 32.7 Å². The molecule has 0 bridgehead atoms. The first kappa shape index (κ1) is 48.1. The summed E-state index contributed by atoms with van der Waals surface area (Å²) in [5, 5.41) is 49.8. The predicted octanol–water partition coefficient (Wildman–Crippen LogP) is 5.88. The van der Waals surface area contributed by atoms with Crippen LogP contribution in [0.5, 0.6) is 0 Å². The Balaban J connectivity index is 2.55. The number of aliphatic hydroxyl groups excluding tert-OH is 5. The molecule has 0 spiro atoms. The third-order valence-corrected chi connectivity index (χ3v) is 9.72. The van der Waals surface area contributed by atoms with Crippen molar-refractivity contribution in [3.8, 4) is 0 Å². The van der Waals surface area contributed by atoms with E-state index in [0.29, 0.717) is 12.8 Å². The van der Waals surface area contributed by atoms with Crippen LogP contribution in [0.25, 0.3) is 0 Å². The molecule has 0 radical (unpaired) electrons. The summed E-state index contributed by atoms with van der Waals surface area (Å²) in [7, 11) is -5.11. The van der Waals surface area contributed by atoms with Crippen molar-refractivity contribution in [1.82, 2.24) is 0 Å². The lowest BCUT2D eigenvalue weighted by atomic mass is 9.85. The summed E-state index contributed by atoms with van der Waals surface area (Å²) in [5.74, 6) is -1.15. The normalized spacial score (nSPS) is 24.1. The number of phosphoric acid groups is 1.